The van der Waals surface area contributed by atoms with Gasteiger partial charge >= 0.3 is 0 Å². The Morgan fingerprint density at radius 2 is 1.82 bits per heavy atom. The van der Waals surface area contributed by atoms with Crippen LogP contribution in [0.25, 0.3) is 5.76 Å². The van der Waals surface area contributed by atoms with Crippen molar-refractivity contribution in [1.29, 1.82) is 0 Å². The smallest absolute Gasteiger partial charge is 0.295 e. The number of para-hydroxylation sites is 1. The highest BCUT2D eigenvalue weighted by Crippen LogP contribution is 2.44. The first kappa shape index (κ1) is 22.7. The van der Waals surface area contributed by atoms with Crippen LogP contribution in [0.3, 0.4) is 0 Å². The topological polar surface area (TPSA) is 94.5 Å². The van der Waals surface area contributed by atoms with Gasteiger partial charge in [-0.25, -0.2) is 0 Å². The Morgan fingerprint density at radius 1 is 1.06 bits per heavy atom. The number of aliphatic hydroxyl groups excluding tert-OH is 1. The molecule has 0 bridgehead atoms. The molecule has 2 heterocycles. The summed E-state index contributed by atoms with van der Waals surface area (Å²) in [6.07, 6.45) is 1.52. The SMILES string of the molecule is COc1ccc(OC)c(/C(O)=C2\C(=O)C(=O)N(CC3CCCO3)C2c2ccccc2OC)c1. The highest BCUT2D eigenvalue weighted by atomic mass is 16.5. The van der Waals surface area contributed by atoms with Crippen LogP contribution in [0.2, 0.25) is 0 Å². The van der Waals surface area contributed by atoms with Gasteiger partial charge in [-0.3, -0.25) is 9.59 Å². The van der Waals surface area contributed by atoms with Crippen LogP contribution < -0.4 is 14.2 Å². The number of carbonyl (C=O) groups excluding carboxylic acids is 2. The molecule has 0 saturated carbocycles. The molecule has 0 aliphatic carbocycles. The molecule has 1 amide bonds. The molecule has 2 aromatic rings. The van der Waals surface area contributed by atoms with E-state index in [2.05, 4.69) is 0 Å². The second kappa shape index (κ2) is 9.54. The number of likely N-dealkylation sites (tertiary alicyclic amines) is 1. The third-order valence-corrected chi connectivity index (χ3v) is 6.06. The number of benzene rings is 2. The summed E-state index contributed by atoms with van der Waals surface area (Å²) in [5, 5.41) is 11.4. The fourth-order valence-electron chi connectivity index (χ4n) is 4.44. The van der Waals surface area contributed by atoms with Gasteiger partial charge in [-0.15, -0.1) is 0 Å². The minimum atomic E-state index is -0.846. The molecule has 2 fully saturated rings. The van der Waals surface area contributed by atoms with Crippen molar-refractivity contribution in [3.63, 3.8) is 0 Å². The van der Waals surface area contributed by atoms with Gasteiger partial charge < -0.3 is 29.0 Å². The number of amides is 1. The number of ether oxygens (including phenoxy) is 4. The minimum Gasteiger partial charge on any atom is -0.507 e. The highest BCUT2D eigenvalue weighted by Gasteiger charge is 2.48. The molecular weight excluding hydrogens is 426 g/mol. The minimum absolute atomic E-state index is 0.0333. The predicted molar refractivity (Wildman–Crippen MR) is 121 cm³/mol. The maximum Gasteiger partial charge on any atom is 0.295 e. The van der Waals surface area contributed by atoms with Gasteiger partial charge in [0.2, 0.25) is 0 Å². The van der Waals surface area contributed by atoms with E-state index in [4.69, 9.17) is 18.9 Å². The van der Waals surface area contributed by atoms with Gasteiger partial charge in [-0.1, -0.05) is 18.2 Å². The number of aliphatic hydroxyl groups is 1. The molecule has 2 unspecified atom stereocenters. The Balaban J connectivity index is 1.91. The molecule has 1 N–H and O–H groups in total. The van der Waals surface area contributed by atoms with Crippen molar-refractivity contribution >= 4 is 17.4 Å². The van der Waals surface area contributed by atoms with Crippen molar-refractivity contribution < 1.29 is 33.6 Å². The Morgan fingerprint density at radius 3 is 2.48 bits per heavy atom. The largest absolute Gasteiger partial charge is 0.507 e. The molecule has 4 rings (SSSR count). The van der Waals surface area contributed by atoms with E-state index in [9.17, 15) is 14.7 Å². The number of hydrogen-bond donors (Lipinski definition) is 1. The zero-order valence-electron chi connectivity index (χ0n) is 18.9. The van der Waals surface area contributed by atoms with Gasteiger partial charge in [-0.2, -0.15) is 0 Å². The van der Waals surface area contributed by atoms with Gasteiger partial charge in [0.25, 0.3) is 11.7 Å². The lowest BCUT2D eigenvalue weighted by molar-refractivity contribution is -0.140. The van der Waals surface area contributed by atoms with E-state index in [0.29, 0.717) is 29.4 Å². The molecule has 8 nitrogen and oxygen atoms in total. The zero-order chi connectivity index (χ0) is 23.5. The second-order valence-electron chi connectivity index (χ2n) is 7.89. The zero-order valence-corrected chi connectivity index (χ0v) is 18.9. The van der Waals surface area contributed by atoms with Crippen LogP contribution in [0.4, 0.5) is 0 Å². The normalized spacial score (nSPS) is 22.0. The van der Waals surface area contributed by atoms with Crippen LogP contribution in [-0.2, 0) is 14.3 Å². The Hall–Kier alpha value is -3.52. The van der Waals surface area contributed by atoms with Gasteiger partial charge in [0, 0.05) is 18.7 Å². The Bertz CT molecular complexity index is 1090. The Kier molecular flexibility index (Phi) is 6.55. The average molecular weight is 453 g/mol. The summed E-state index contributed by atoms with van der Waals surface area (Å²) in [7, 11) is 4.49. The van der Waals surface area contributed by atoms with Gasteiger partial charge in [0.1, 0.15) is 23.0 Å². The molecule has 8 heteroatoms. The molecule has 2 aliphatic heterocycles. The first-order valence-corrected chi connectivity index (χ1v) is 10.8. The summed E-state index contributed by atoms with van der Waals surface area (Å²) in [5.74, 6) is -0.478. The van der Waals surface area contributed by atoms with Crippen molar-refractivity contribution in [1.82, 2.24) is 4.90 Å². The quantitative estimate of drug-likeness (QED) is 0.390. The monoisotopic (exact) mass is 453 g/mol. The number of Topliss-reactive ketones (excluding diaryl/α,β-unsaturated/α-hetero) is 1. The highest BCUT2D eigenvalue weighted by molar-refractivity contribution is 6.46. The predicted octanol–water partition coefficient (Wildman–Crippen LogP) is 3.31. The summed E-state index contributed by atoms with van der Waals surface area (Å²) >= 11 is 0. The molecule has 174 valence electrons. The van der Waals surface area contributed by atoms with Crippen molar-refractivity contribution in [2.24, 2.45) is 0 Å². The molecule has 2 saturated heterocycles. The summed E-state index contributed by atoms with van der Waals surface area (Å²) < 4.78 is 22.0. The lowest BCUT2D eigenvalue weighted by Crippen LogP contribution is -2.36. The molecule has 2 aliphatic rings. The summed E-state index contributed by atoms with van der Waals surface area (Å²) in [6, 6.07) is 11.2. The van der Waals surface area contributed by atoms with Crippen molar-refractivity contribution in [3.8, 4) is 17.2 Å². The molecule has 0 spiro atoms. The van der Waals surface area contributed by atoms with Gasteiger partial charge in [0.05, 0.1) is 44.6 Å². The van der Waals surface area contributed by atoms with E-state index in [1.54, 1.807) is 42.5 Å². The Labute approximate surface area is 192 Å². The van der Waals surface area contributed by atoms with Crippen molar-refractivity contribution in [3.05, 3.63) is 59.2 Å². The van der Waals surface area contributed by atoms with Crippen LogP contribution in [0, 0.1) is 0 Å². The number of ketones is 1. The molecule has 0 radical (unpaired) electrons. The summed E-state index contributed by atoms with van der Waals surface area (Å²) in [5.41, 5.74) is 0.821. The lowest BCUT2D eigenvalue weighted by atomic mass is 9.94. The van der Waals surface area contributed by atoms with E-state index in [-0.39, 0.29) is 29.5 Å². The fourth-order valence-corrected chi connectivity index (χ4v) is 4.44. The summed E-state index contributed by atoms with van der Waals surface area (Å²) in [6.45, 7) is 0.855. The van der Waals surface area contributed by atoms with Crippen LogP contribution in [0.15, 0.2) is 48.0 Å². The van der Waals surface area contributed by atoms with Crippen LogP contribution >= 0.6 is 0 Å². The third kappa shape index (κ3) is 4.14. The van der Waals surface area contributed by atoms with Gasteiger partial charge in [-0.05, 0) is 37.1 Å². The fraction of sp³-hybridized carbons (Fsp3) is 0.360. The van der Waals surface area contributed by atoms with Crippen LogP contribution in [0.5, 0.6) is 17.2 Å². The van der Waals surface area contributed by atoms with E-state index in [0.717, 1.165) is 12.8 Å². The third-order valence-electron chi connectivity index (χ3n) is 6.06. The molecule has 2 aromatic carbocycles. The van der Waals surface area contributed by atoms with E-state index < -0.39 is 17.7 Å². The van der Waals surface area contributed by atoms with Gasteiger partial charge in [0.15, 0.2) is 0 Å². The molecule has 33 heavy (non-hydrogen) atoms. The summed E-state index contributed by atoms with van der Waals surface area (Å²) in [4.78, 5) is 27.9. The number of hydrogen-bond acceptors (Lipinski definition) is 7. The number of carbonyl (C=O) groups is 2. The lowest BCUT2D eigenvalue weighted by Gasteiger charge is -2.28. The number of methoxy groups -OCH3 is 3. The van der Waals surface area contributed by atoms with E-state index >= 15 is 0 Å². The van der Waals surface area contributed by atoms with Crippen LogP contribution in [-0.4, -0.2) is 62.3 Å². The molecular formula is C25H27NO7. The molecule has 2 atom stereocenters. The average Bonchev–Trinajstić information content (AvgIpc) is 3.45. The van der Waals surface area contributed by atoms with E-state index in [1.165, 1.54) is 26.2 Å². The second-order valence-corrected chi connectivity index (χ2v) is 7.89. The number of nitrogens with zero attached hydrogens (tertiary/aromatic N) is 1. The van der Waals surface area contributed by atoms with Crippen molar-refractivity contribution in [2.75, 3.05) is 34.5 Å². The maximum absolute atomic E-state index is 13.3. The van der Waals surface area contributed by atoms with Crippen LogP contribution in [0.1, 0.15) is 30.0 Å². The standard InChI is InChI=1S/C25H27NO7/c1-30-15-10-11-20(32-3)18(13-15)23(27)21-22(17-8-4-5-9-19(17)31-2)26(25(29)24(21)28)14-16-7-6-12-33-16/h4-5,8-11,13,16,22,27H,6-7,12,14H2,1-3H3/b23-21+. The van der Waals surface area contributed by atoms with Crippen molar-refractivity contribution in [2.45, 2.75) is 25.0 Å². The first-order chi connectivity index (χ1) is 16.0. The van der Waals surface area contributed by atoms with E-state index in [1.807, 2.05) is 0 Å². The molecule has 0 aromatic heterocycles. The maximum atomic E-state index is 13.3. The first-order valence-electron chi connectivity index (χ1n) is 10.8. The number of rotatable bonds is 7.